The van der Waals surface area contributed by atoms with Gasteiger partial charge in [0.15, 0.2) is 17.4 Å². The Morgan fingerprint density at radius 1 is 1.14 bits per heavy atom. The fourth-order valence-electron chi connectivity index (χ4n) is 2.33. The molecule has 3 aromatic rings. The predicted octanol–water partition coefficient (Wildman–Crippen LogP) is 2.72. The zero-order chi connectivity index (χ0) is 20.8. The van der Waals surface area contributed by atoms with Crippen molar-refractivity contribution >= 4 is 28.3 Å². The molecule has 0 atom stereocenters. The summed E-state index contributed by atoms with van der Waals surface area (Å²) in [6.07, 6.45) is 2.74. The van der Waals surface area contributed by atoms with Gasteiger partial charge in [0.25, 0.3) is 5.91 Å². The molecule has 3 rings (SSSR count). The van der Waals surface area contributed by atoms with Gasteiger partial charge in [0.1, 0.15) is 11.5 Å². The number of aryl methyl sites for hydroxylation is 1. The van der Waals surface area contributed by atoms with Crippen molar-refractivity contribution in [3.8, 4) is 22.8 Å². The summed E-state index contributed by atoms with van der Waals surface area (Å²) in [4.78, 5) is 36.2. The van der Waals surface area contributed by atoms with Crippen LogP contribution in [0.5, 0.6) is 11.5 Å². The van der Waals surface area contributed by atoms with Crippen LogP contribution in [-0.2, 0) is 9.53 Å². The predicted molar refractivity (Wildman–Crippen MR) is 106 cm³/mol. The molecule has 2 aromatic heterocycles. The minimum atomic E-state index is -0.728. The van der Waals surface area contributed by atoms with Crippen LogP contribution in [0.1, 0.15) is 16.2 Å². The van der Waals surface area contributed by atoms with E-state index >= 15 is 0 Å². The zero-order valence-electron chi connectivity index (χ0n) is 16.0. The number of ether oxygens (including phenoxy) is 3. The quantitative estimate of drug-likeness (QED) is 0.587. The summed E-state index contributed by atoms with van der Waals surface area (Å²) in [7, 11) is 3.13. The molecule has 9 nitrogen and oxygen atoms in total. The van der Waals surface area contributed by atoms with Crippen molar-refractivity contribution < 1.29 is 23.8 Å². The number of methoxy groups -OCH3 is 2. The maximum Gasteiger partial charge on any atom is 0.359 e. The normalized spacial score (nSPS) is 10.3. The Morgan fingerprint density at radius 3 is 2.66 bits per heavy atom. The first-order chi connectivity index (χ1) is 14.0. The molecule has 0 fully saturated rings. The lowest BCUT2D eigenvalue weighted by Gasteiger charge is -2.08. The second kappa shape index (κ2) is 9.11. The lowest BCUT2D eigenvalue weighted by Crippen LogP contribution is -2.21. The van der Waals surface area contributed by atoms with Gasteiger partial charge in [0.05, 0.1) is 31.8 Å². The lowest BCUT2D eigenvalue weighted by molar-refractivity contribution is -0.119. The van der Waals surface area contributed by atoms with E-state index in [4.69, 9.17) is 14.2 Å². The fourth-order valence-corrected chi connectivity index (χ4v) is 3.05. The van der Waals surface area contributed by atoms with Crippen LogP contribution < -0.4 is 14.8 Å². The number of thiazole rings is 1. The fraction of sp³-hybridized carbons (Fsp3) is 0.211. The summed E-state index contributed by atoms with van der Waals surface area (Å²) in [5.74, 6) is 0.0399. The number of esters is 1. The maximum atomic E-state index is 12.1. The number of anilines is 1. The lowest BCUT2D eigenvalue weighted by atomic mass is 10.1. The molecule has 0 radical (unpaired) electrons. The molecule has 2 heterocycles. The van der Waals surface area contributed by atoms with Crippen molar-refractivity contribution in [1.82, 2.24) is 15.0 Å². The molecule has 1 amide bonds. The number of rotatable bonds is 7. The SMILES string of the molecule is COc1ccc(OC)c(-c2csc(NC(=O)COC(=O)c3cnc(C)cn3)n2)c1. The molecule has 0 unspecified atom stereocenters. The van der Waals surface area contributed by atoms with Crippen LogP contribution in [0, 0.1) is 6.92 Å². The van der Waals surface area contributed by atoms with Crippen LogP contribution >= 0.6 is 11.3 Å². The van der Waals surface area contributed by atoms with Crippen molar-refractivity contribution in [2.45, 2.75) is 6.92 Å². The number of hydrogen-bond donors (Lipinski definition) is 1. The minimum absolute atomic E-state index is 0.0325. The molecule has 0 aliphatic rings. The molecule has 1 N–H and O–H groups in total. The average molecular weight is 414 g/mol. The second-order valence-electron chi connectivity index (χ2n) is 5.77. The Bertz CT molecular complexity index is 1020. The number of aromatic nitrogens is 3. The molecule has 1 aromatic carbocycles. The highest BCUT2D eigenvalue weighted by Crippen LogP contribution is 2.34. The minimum Gasteiger partial charge on any atom is -0.497 e. The number of amides is 1. The van der Waals surface area contributed by atoms with Crippen LogP contribution in [0.4, 0.5) is 5.13 Å². The Labute approximate surface area is 170 Å². The highest BCUT2D eigenvalue weighted by Gasteiger charge is 2.15. The van der Waals surface area contributed by atoms with Gasteiger partial charge in [-0.05, 0) is 25.1 Å². The molecule has 29 heavy (non-hydrogen) atoms. The molecule has 0 bridgehead atoms. The van der Waals surface area contributed by atoms with Crippen molar-refractivity contribution in [1.29, 1.82) is 0 Å². The van der Waals surface area contributed by atoms with Crippen molar-refractivity contribution in [3.05, 3.63) is 47.4 Å². The first-order valence-electron chi connectivity index (χ1n) is 8.43. The molecule has 0 aliphatic carbocycles. The van der Waals surface area contributed by atoms with E-state index in [1.807, 2.05) is 0 Å². The number of nitrogens with one attached hydrogen (secondary N) is 1. The summed E-state index contributed by atoms with van der Waals surface area (Å²) >= 11 is 1.24. The largest absolute Gasteiger partial charge is 0.497 e. The number of benzene rings is 1. The van der Waals surface area contributed by atoms with Crippen LogP contribution in [0.25, 0.3) is 11.3 Å². The van der Waals surface area contributed by atoms with E-state index in [-0.39, 0.29) is 5.69 Å². The number of nitrogens with zero attached hydrogens (tertiary/aromatic N) is 3. The summed E-state index contributed by atoms with van der Waals surface area (Å²) in [5, 5.41) is 4.74. The van der Waals surface area contributed by atoms with Crippen molar-refractivity contribution in [2.75, 3.05) is 26.1 Å². The van der Waals surface area contributed by atoms with Crippen molar-refractivity contribution in [3.63, 3.8) is 0 Å². The Hall–Kier alpha value is -3.53. The third kappa shape index (κ3) is 5.05. The van der Waals surface area contributed by atoms with E-state index in [1.54, 1.807) is 44.7 Å². The topological polar surface area (TPSA) is 113 Å². The van der Waals surface area contributed by atoms with E-state index < -0.39 is 18.5 Å². The Kier molecular flexibility index (Phi) is 6.35. The molecular formula is C19H18N4O5S. The van der Waals surface area contributed by atoms with E-state index in [1.165, 1.54) is 23.7 Å². The van der Waals surface area contributed by atoms with E-state index in [0.29, 0.717) is 28.0 Å². The molecule has 0 spiro atoms. The van der Waals surface area contributed by atoms with Gasteiger partial charge in [0, 0.05) is 17.1 Å². The summed E-state index contributed by atoms with van der Waals surface area (Å²) in [6, 6.07) is 5.35. The monoisotopic (exact) mass is 414 g/mol. The van der Waals surface area contributed by atoms with Crippen LogP contribution in [0.2, 0.25) is 0 Å². The highest BCUT2D eigenvalue weighted by atomic mass is 32.1. The first-order valence-corrected chi connectivity index (χ1v) is 9.31. The van der Waals surface area contributed by atoms with Gasteiger partial charge in [-0.25, -0.2) is 14.8 Å². The summed E-state index contributed by atoms with van der Waals surface area (Å²) < 4.78 is 15.5. The maximum absolute atomic E-state index is 12.1. The van der Waals surface area contributed by atoms with Crippen molar-refractivity contribution in [2.24, 2.45) is 0 Å². The molecule has 0 aliphatic heterocycles. The Morgan fingerprint density at radius 2 is 1.97 bits per heavy atom. The van der Waals surface area contributed by atoms with E-state index in [0.717, 1.165) is 5.56 Å². The van der Waals surface area contributed by atoms with Gasteiger partial charge >= 0.3 is 5.97 Å². The molecular weight excluding hydrogens is 396 g/mol. The molecule has 0 saturated heterocycles. The summed E-state index contributed by atoms with van der Waals surface area (Å²) in [5.41, 5.74) is 2.05. The second-order valence-corrected chi connectivity index (χ2v) is 6.63. The van der Waals surface area contributed by atoms with Crippen LogP contribution in [0.3, 0.4) is 0 Å². The molecule has 0 saturated carbocycles. The van der Waals surface area contributed by atoms with E-state index in [9.17, 15) is 9.59 Å². The number of carbonyl (C=O) groups excluding carboxylic acids is 2. The molecule has 150 valence electrons. The van der Waals surface area contributed by atoms with Crippen LogP contribution in [-0.4, -0.2) is 47.7 Å². The van der Waals surface area contributed by atoms with Gasteiger partial charge in [-0.2, -0.15) is 0 Å². The third-order valence-corrected chi connectivity index (χ3v) is 4.52. The number of hydrogen-bond acceptors (Lipinski definition) is 9. The zero-order valence-corrected chi connectivity index (χ0v) is 16.8. The van der Waals surface area contributed by atoms with Gasteiger partial charge in [-0.3, -0.25) is 15.1 Å². The van der Waals surface area contributed by atoms with Crippen LogP contribution in [0.15, 0.2) is 36.0 Å². The highest BCUT2D eigenvalue weighted by molar-refractivity contribution is 7.14. The van der Waals surface area contributed by atoms with Gasteiger partial charge in [-0.15, -0.1) is 11.3 Å². The Balaban J connectivity index is 1.62. The van der Waals surface area contributed by atoms with Gasteiger partial charge < -0.3 is 14.2 Å². The average Bonchev–Trinajstić information content (AvgIpc) is 3.20. The van der Waals surface area contributed by atoms with Gasteiger partial charge in [-0.1, -0.05) is 0 Å². The summed E-state index contributed by atoms with van der Waals surface area (Å²) in [6.45, 7) is 1.28. The standard InChI is InChI=1S/C19H18N4O5S/c1-11-7-21-14(8-20-11)18(25)28-9-17(24)23-19-22-15(10-29-19)13-6-12(26-2)4-5-16(13)27-3/h4-8,10H,9H2,1-3H3,(H,22,23,24). The molecule has 10 heteroatoms. The van der Waals surface area contributed by atoms with E-state index in [2.05, 4.69) is 20.3 Å². The first kappa shape index (κ1) is 20.2. The number of carbonyl (C=O) groups is 2. The van der Waals surface area contributed by atoms with Gasteiger partial charge in [0.2, 0.25) is 0 Å². The third-order valence-electron chi connectivity index (χ3n) is 3.76. The smallest absolute Gasteiger partial charge is 0.359 e.